The van der Waals surface area contributed by atoms with Gasteiger partial charge in [-0.15, -0.1) is 0 Å². The van der Waals surface area contributed by atoms with Crippen molar-refractivity contribution in [2.24, 2.45) is 4.99 Å². The van der Waals surface area contributed by atoms with Crippen LogP contribution in [0.4, 0.5) is 17.1 Å². The minimum absolute atomic E-state index is 0.0262. The Labute approximate surface area is 187 Å². The highest BCUT2D eigenvalue weighted by molar-refractivity contribution is 6.32. The molecule has 7 heteroatoms. The molecule has 158 valence electrons. The van der Waals surface area contributed by atoms with Crippen molar-refractivity contribution in [1.82, 2.24) is 0 Å². The van der Waals surface area contributed by atoms with Crippen molar-refractivity contribution in [3.63, 3.8) is 0 Å². The number of nitro groups is 1. The van der Waals surface area contributed by atoms with Crippen LogP contribution < -0.4 is 10.1 Å². The number of carbonyl (C=O) groups excluding carboxylic acids is 1. The van der Waals surface area contributed by atoms with Crippen LogP contribution in [-0.4, -0.2) is 16.7 Å². The van der Waals surface area contributed by atoms with Gasteiger partial charge in [0.25, 0.3) is 11.6 Å². The van der Waals surface area contributed by atoms with Crippen molar-refractivity contribution < 1.29 is 14.5 Å². The molecule has 0 saturated carbocycles. The standard InChI is InChI=1S/C26H15N3O4/c30-25-23-22(16-9-12-17(13-10-16)29(31)32)19-14-11-15-5-1-2-6-18(15)24(19)33-26(23)28-21-8-4-3-7-20(21)27-25/h1-14H,(H,27,30). The number of aliphatic imine (C=N–C) groups is 1. The van der Waals surface area contributed by atoms with Crippen LogP contribution in [0.25, 0.3) is 16.3 Å². The van der Waals surface area contributed by atoms with Gasteiger partial charge < -0.3 is 10.1 Å². The van der Waals surface area contributed by atoms with E-state index < -0.39 is 4.92 Å². The molecule has 0 spiro atoms. The first-order chi connectivity index (χ1) is 16.1. The van der Waals surface area contributed by atoms with E-state index in [1.165, 1.54) is 12.1 Å². The van der Waals surface area contributed by atoms with E-state index in [-0.39, 0.29) is 23.1 Å². The monoisotopic (exact) mass is 433 g/mol. The number of benzene rings is 4. The van der Waals surface area contributed by atoms with Crippen LogP contribution >= 0.6 is 0 Å². The highest BCUT2D eigenvalue weighted by Crippen LogP contribution is 2.44. The summed E-state index contributed by atoms with van der Waals surface area (Å²) < 4.78 is 6.29. The third-order valence-electron chi connectivity index (χ3n) is 5.78. The van der Waals surface area contributed by atoms with E-state index in [2.05, 4.69) is 10.3 Å². The Balaban J connectivity index is 1.68. The molecule has 4 aromatic carbocycles. The molecule has 4 aromatic rings. The molecule has 1 amide bonds. The van der Waals surface area contributed by atoms with Gasteiger partial charge >= 0.3 is 0 Å². The lowest BCUT2D eigenvalue weighted by atomic mass is 9.88. The van der Waals surface area contributed by atoms with Crippen LogP contribution in [0.5, 0.6) is 5.75 Å². The molecule has 2 aliphatic heterocycles. The number of non-ortho nitro benzene ring substituents is 1. The quantitative estimate of drug-likeness (QED) is 0.328. The average Bonchev–Trinajstić information content (AvgIpc) is 2.98. The van der Waals surface area contributed by atoms with Gasteiger partial charge in [0.1, 0.15) is 11.3 Å². The fraction of sp³-hybridized carbons (Fsp3) is 0. The zero-order valence-electron chi connectivity index (χ0n) is 17.1. The lowest BCUT2D eigenvalue weighted by Crippen LogP contribution is -2.27. The van der Waals surface area contributed by atoms with Crippen molar-refractivity contribution in [2.45, 2.75) is 0 Å². The molecule has 0 aliphatic carbocycles. The van der Waals surface area contributed by atoms with Gasteiger partial charge in [0.05, 0.1) is 16.3 Å². The number of nitrogens with zero attached hydrogens (tertiary/aromatic N) is 2. The van der Waals surface area contributed by atoms with Gasteiger partial charge in [-0.1, -0.05) is 42.5 Å². The van der Waals surface area contributed by atoms with Crippen molar-refractivity contribution in [1.29, 1.82) is 0 Å². The lowest BCUT2D eigenvalue weighted by Gasteiger charge is -2.25. The van der Waals surface area contributed by atoms with Crippen LogP contribution in [0.1, 0.15) is 11.1 Å². The third-order valence-corrected chi connectivity index (χ3v) is 5.78. The number of carbonyl (C=O) groups is 1. The molecule has 1 N–H and O–H groups in total. The zero-order valence-corrected chi connectivity index (χ0v) is 17.1. The van der Waals surface area contributed by atoms with Crippen molar-refractivity contribution >= 4 is 45.2 Å². The molecule has 0 saturated heterocycles. The fourth-order valence-corrected chi connectivity index (χ4v) is 4.25. The molecule has 0 unspecified atom stereocenters. The maximum atomic E-state index is 13.4. The second kappa shape index (κ2) is 7.13. The Morgan fingerprint density at radius 1 is 0.848 bits per heavy atom. The van der Waals surface area contributed by atoms with Crippen LogP contribution in [0, 0.1) is 10.1 Å². The minimum atomic E-state index is -0.449. The number of hydrogen-bond donors (Lipinski definition) is 1. The van der Waals surface area contributed by atoms with Crippen molar-refractivity contribution in [3.05, 3.63) is 112 Å². The highest BCUT2D eigenvalue weighted by atomic mass is 16.6. The van der Waals surface area contributed by atoms with E-state index in [0.29, 0.717) is 28.3 Å². The minimum Gasteiger partial charge on any atom is -0.437 e. The first kappa shape index (κ1) is 18.9. The van der Waals surface area contributed by atoms with Gasteiger partial charge in [0.15, 0.2) is 0 Å². The van der Waals surface area contributed by atoms with E-state index in [1.807, 2.05) is 48.5 Å². The zero-order chi connectivity index (χ0) is 22.5. The molecule has 0 radical (unpaired) electrons. The number of ether oxygens (including phenoxy) is 1. The largest absolute Gasteiger partial charge is 0.437 e. The average molecular weight is 433 g/mol. The number of rotatable bonds is 2. The van der Waals surface area contributed by atoms with Gasteiger partial charge in [0, 0.05) is 28.7 Å². The molecular formula is C26H15N3O4. The first-order valence-electron chi connectivity index (χ1n) is 10.3. The van der Waals surface area contributed by atoms with Crippen LogP contribution in [-0.2, 0) is 4.79 Å². The second-order valence-electron chi connectivity index (χ2n) is 7.71. The topological polar surface area (TPSA) is 93.8 Å². The van der Waals surface area contributed by atoms with Gasteiger partial charge in [-0.2, -0.15) is 0 Å². The Hall–Kier alpha value is -4.78. The number of nitro benzene ring substituents is 1. The van der Waals surface area contributed by atoms with Crippen molar-refractivity contribution in [3.8, 4) is 5.75 Å². The number of amides is 1. The Kier molecular flexibility index (Phi) is 4.10. The summed E-state index contributed by atoms with van der Waals surface area (Å²) in [7, 11) is 0. The fourth-order valence-electron chi connectivity index (χ4n) is 4.25. The number of para-hydroxylation sites is 2. The van der Waals surface area contributed by atoms with E-state index in [4.69, 9.17) is 4.74 Å². The summed E-state index contributed by atoms with van der Waals surface area (Å²) >= 11 is 0. The maximum Gasteiger partial charge on any atom is 0.269 e. The highest BCUT2D eigenvalue weighted by Gasteiger charge is 2.34. The molecule has 7 nitrogen and oxygen atoms in total. The summed E-state index contributed by atoms with van der Waals surface area (Å²) in [6, 6.07) is 25.1. The molecule has 0 aromatic heterocycles. The molecule has 0 fully saturated rings. The van der Waals surface area contributed by atoms with Crippen molar-refractivity contribution in [2.75, 3.05) is 5.32 Å². The lowest BCUT2D eigenvalue weighted by molar-refractivity contribution is -0.384. The van der Waals surface area contributed by atoms with E-state index in [1.54, 1.807) is 24.3 Å². The first-order valence-corrected chi connectivity index (χ1v) is 10.3. The van der Waals surface area contributed by atoms with Crippen LogP contribution in [0.3, 0.4) is 0 Å². The maximum absolute atomic E-state index is 13.4. The number of hydrogen-bond acceptors (Lipinski definition) is 5. The Morgan fingerprint density at radius 2 is 1.61 bits per heavy atom. The summed E-state index contributed by atoms with van der Waals surface area (Å²) in [6.07, 6.45) is 0. The predicted octanol–water partition coefficient (Wildman–Crippen LogP) is 5.62. The molecule has 0 bridgehead atoms. The smallest absolute Gasteiger partial charge is 0.269 e. The van der Waals surface area contributed by atoms with E-state index >= 15 is 0 Å². The molecular weight excluding hydrogens is 418 g/mol. The molecule has 2 heterocycles. The molecule has 0 atom stereocenters. The summed E-state index contributed by atoms with van der Waals surface area (Å²) in [5.74, 6) is 0.427. The summed E-state index contributed by atoms with van der Waals surface area (Å²) in [5, 5.41) is 16.0. The second-order valence-corrected chi connectivity index (χ2v) is 7.71. The Bertz CT molecular complexity index is 1550. The van der Waals surface area contributed by atoms with Crippen LogP contribution in [0.15, 0.2) is 95.5 Å². The summed E-state index contributed by atoms with van der Waals surface area (Å²) in [6.45, 7) is 0. The number of nitrogens with one attached hydrogen (secondary N) is 1. The van der Waals surface area contributed by atoms with E-state index in [0.717, 1.165) is 16.3 Å². The molecule has 2 aliphatic rings. The van der Waals surface area contributed by atoms with Gasteiger partial charge in [0.2, 0.25) is 5.90 Å². The summed E-state index contributed by atoms with van der Waals surface area (Å²) in [5.41, 5.74) is 3.41. The Morgan fingerprint density at radius 3 is 2.42 bits per heavy atom. The third kappa shape index (κ3) is 2.98. The summed E-state index contributed by atoms with van der Waals surface area (Å²) in [4.78, 5) is 28.8. The van der Waals surface area contributed by atoms with Gasteiger partial charge in [-0.3, -0.25) is 14.9 Å². The predicted molar refractivity (Wildman–Crippen MR) is 126 cm³/mol. The van der Waals surface area contributed by atoms with Crippen LogP contribution in [0.2, 0.25) is 0 Å². The van der Waals surface area contributed by atoms with Gasteiger partial charge in [-0.05, 0) is 41.3 Å². The number of fused-ring (bicyclic) bond motifs is 5. The SMILES string of the molecule is O=C1Nc2ccccc2N=C2Oc3c(ccc4ccccc34)C(c3ccc([N+](=O)[O-])cc3)=C12. The number of anilines is 1. The van der Waals surface area contributed by atoms with Gasteiger partial charge in [-0.25, -0.2) is 4.99 Å². The molecule has 6 rings (SSSR count). The molecule has 33 heavy (non-hydrogen) atoms. The van der Waals surface area contributed by atoms with E-state index in [9.17, 15) is 14.9 Å². The normalized spacial score (nSPS) is 14.3.